The lowest BCUT2D eigenvalue weighted by molar-refractivity contribution is -0.00804. The third-order valence-electron chi connectivity index (χ3n) is 5.70. The topological polar surface area (TPSA) is 38.9 Å². The largest absolute Gasteiger partial charge is 0.396 e. The average molecular weight is 249 g/mol. The SMILES string of the molecule is CC12CC3CC1CC2Cc1ncc(N)c(Cl)c13. The van der Waals surface area contributed by atoms with Gasteiger partial charge in [-0.1, -0.05) is 18.5 Å². The Morgan fingerprint density at radius 3 is 3.06 bits per heavy atom. The van der Waals surface area contributed by atoms with E-state index in [-0.39, 0.29) is 0 Å². The van der Waals surface area contributed by atoms with Crippen molar-refractivity contribution in [1.82, 2.24) is 4.98 Å². The number of rotatable bonds is 0. The second-order valence-electron chi connectivity index (χ2n) is 6.36. The van der Waals surface area contributed by atoms with Gasteiger partial charge in [-0.05, 0) is 54.4 Å². The van der Waals surface area contributed by atoms with Crippen molar-refractivity contribution in [3.05, 3.63) is 22.5 Å². The summed E-state index contributed by atoms with van der Waals surface area (Å²) in [6.45, 7) is 2.47. The fourth-order valence-electron chi connectivity index (χ4n) is 4.61. The van der Waals surface area contributed by atoms with Gasteiger partial charge in [-0.15, -0.1) is 0 Å². The first-order valence-corrected chi connectivity index (χ1v) is 6.90. The number of hydrogen-bond donors (Lipinski definition) is 1. The lowest BCUT2D eigenvalue weighted by Gasteiger charge is -2.50. The van der Waals surface area contributed by atoms with Gasteiger partial charge in [-0.25, -0.2) is 0 Å². The molecule has 0 radical (unpaired) electrons. The van der Waals surface area contributed by atoms with E-state index >= 15 is 0 Å². The average Bonchev–Trinajstić information content (AvgIpc) is 2.47. The van der Waals surface area contributed by atoms with E-state index < -0.39 is 0 Å². The lowest BCUT2D eigenvalue weighted by Crippen LogP contribution is -2.44. The van der Waals surface area contributed by atoms with E-state index in [2.05, 4.69) is 11.9 Å². The number of aromatic nitrogens is 1. The van der Waals surface area contributed by atoms with E-state index in [1.807, 2.05) is 0 Å². The van der Waals surface area contributed by atoms with E-state index in [4.69, 9.17) is 17.3 Å². The molecule has 0 amide bonds. The molecule has 90 valence electrons. The smallest absolute Gasteiger partial charge is 0.0704 e. The fraction of sp³-hybridized carbons (Fsp3) is 0.643. The predicted octanol–water partition coefficient (Wildman–Crippen LogP) is 3.39. The number of nitrogen functional groups attached to an aromatic ring is 1. The number of pyridine rings is 1. The summed E-state index contributed by atoms with van der Waals surface area (Å²) in [7, 11) is 0. The van der Waals surface area contributed by atoms with Gasteiger partial charge in [-0.2, -0.15) is 0 Å². The highest BCUT2D eigenvalue weighted by Gasteiger charge is 2.59. The van der Waals surface area contributed by atoms with E-state index in [1.165, 1.54) is 30.5 Å². The molecule has 4 rings (SSSR count). The van der Waals surface area contributed by atoms with Crippen LogP contribution < -0.4 is 5.73 Å². The summed E-state index contributed by atoms with van der Waals surface area (Å²) in [4.78, 5) is 4.56. The first-order valence-electron chi connectivity index (χ1n) is 6.52. The molecule has 2 saturated carbocycles. The van der Waals surface area contributed by atoms with Crippen LogP contribution in [0.2, 0.25) is 5.02 Å². The Hall–Kier alpha value is -0.760. The van der Waals surface area contributed by atoms with Crippen LogP contribution in [0.1, 0.15) is 43.4 Å². The molecule has 2 nitrogen and oxygen atoms in total. The first kappa shape index (κ1) is 10.2. The maximum absolute atomic E-state index is 6.42. The lowest BCUT2D eigenvalue weighted by atomic mass is 9.54. The zero-order valence-electron chi connectivity index (χ0n) is 10.0. The molecule has 3 aliphatic rings. The minimum atomic E-state index is 0.559. The molecule has 2 bridgehead atoms. The van der Waals surface area contributed by atoms with Gasteiger partial charge in [0.25, 0.3) is 0 Å². The van der Waals surface area contributed by atoms with Gasteiger partial charge in [0, 0.05) is 5.69 Å². The molecule has 3 aliphatic carbocycles. The molecule has 3 heteroatoms. The van der Waals surface area contributed by atoms with Crippen LogP contribution in [-0.4, -0.2) is 4.98 Å². The third-order valence-corrected chi connectivity index (χ3v) is 6.12. The second-order valence-corrected chi connectivity index (χ2v) is 6.74. The van der Waals surface area contributed by atoms with E-state index in [1.54, 1.807) is 6.20 Å². The molecule has 0 aliphatic heterocycles. The highest BCUT2D eigenvalue weighted by Crippen LogP contribution is 2.68. The molecule has 1 aromatic rings. The van der Waals surface area contributed by atoms with Crippen molar-refractivity contribution in [2.45, 2.75) is 38.5 Å². The van der Waals surface area contributed by atoms with Crippen LogP contribution in [0, 0.1) is 17.3 Å². The summed E-state index contributed by atoms with van der Waals surface area (Å²) in [6.07, 6.45) is 6.83. The van der Waals surface area contributed by atoms with Gasteiger partial charge in [0.05, 0.1) is 16.9 Å². The fourth-order valence-corrected chi connectivity index (χ4v) is 4.93. The highest BCUT2D eigenvalue weighted by atomic mass is 35.5. The molecule has 4 atom stereocenters. The minimum Gasteiger partial charge on any atom is -0.396 e. The number of anilines is 1. The molecule has 0 aromatic carbocycles. The van der Waals surface area contributed by atoms with Crippen LogP contribution in [0.5, 0.6) is 0 Å². The maximum atomic E-state index is 6.42. The zero-order valence-corrected chi connectivity index (χ0v) is 10.8. The monoisotopic (exact) mass is 248 g/mol. The molecule has 2 N–H and O–H groups in total. The molecule has 0 saturated heterocycles. The quantitative estimate of drug-likeness (QED) is 0.764. The highest BCUT2D eigenvalue weighted by molar-refractivity contribution is 6.34. The van der Waals surface area contributed by atoms with Crippen molar-refractivity contribution in [2.24, 2.45) is 17.3 Å². The van der Waals surface area contributed by atoms with Crippen LogP contribution >= 0.6 is 11.6 Å². The van der Waals surface area contributed by atoms with Crippen LogP contribution in [0.4, 0.5) is 5.69 Å². The summed E-state index contributed by atoms with van der Waals surface area (Å²) in [5, 5.41) is 0.783. The van der Waals surface area contributed by atoms with Crippen LogP contribution in [0.3, 0.4) is 0 Å². The van der Waals surface area contributed by atoms with Gasteiger partial charge >= 0.3 is 0 Å². The van der Waals surface area contributed by atoms with E-state index in [0.717, 1.165) is 23.3 Å². The molecule has 4 unspecified atom stereocenters. The summed E-state index contributed by atoms with van der Waals surface area (Å²) < 4.78 is 0. The molecular formula is C14H17ClN2. The molecular weight excluding hydrogens is 232 g/mol. The molecule has 0 spiro atoms. The minimum absolute atomic E-state index is 0.559. The van der Waals surface area contributed by atoms with Gasteiger partial charge in [0.1, 0.15) is 0 Å². The zero-order chi connectivity index (χ0) is 11.8. The third kappa shape index (κ3) is 1.10. The Morgan fingerprint density at radius 2 is 2.24 bits per heavy atom. The Balaban J connectivity index is 1.92. The van der Waals surface area contributed by atoms with Crippen molar-refractivity contribution in [1.29, 1.82) is 0 Å². The van der Waals surface area contributed by atoms with E-state index in [0.29, 0.717) is 17.0 Å². The van der Waals surface area contributed by atoms with Crippen molar-refractivity contribution in [3.8, 4) is 0 Å². The summed E-state index contributed by atoms with van der Waals surface area (Å²) in [5.74, 6) is 2.35. The van der Waals surface area contributed by atoms with Gasteiger partial charge in [0.15, 0.2) is 0 Å². The van der Waals surface area contributed by atoms with Crippen molar-refractivity contribution in [3.63, 3.8) is 0 Å². The van der Waals surface area contributed by atoms with Crippen molar-refractivity contribution in [2.75, 3.05) is 5.73 Å². The second kappa shape index (κ2) is 2.97. The van der Waals surface area contributed by atoms with Crippen LogP contribution in [-0.2, 0) is 6.42 Å². The molecule has 1 heterocycles. The first-order chi connectivity index (χ1) is 8.09. The molecule has 1 aromatic heterocycles. The summed E-state index contributed by atoms with van der Waals surface area (Å²) >= 11 is 6.42. The Labute approximate surface area is 107 Å². The summed E-state index contributed by atoms with van der Waals surface area (Å²) in [6, 6.07) is 0. The standard InChI is InChI=1S/C14H17ClN2/c1-14-5-7-2-8(14)3-9(14)4-11-12(7)13(15)10(16)6-17-11/h6-9H,2-5,16H2,1H3. The van der Waals surface area contributed by atoms with Crippen LogP contribution in [0.25, 0.3) is 0 Å². The number of nitrogens with two attached hydrogens (primary N) is 1. The summed E-state index contributed by atoms with van der Waals surface area (Å²) in [5.41, 5.74) is 9.62. The van der Waals surface area contributed by atoms with Gasteiger partial charge < -0.3 is 5.73 Å². The van der Waals surface area contributed by atoms with Crippen molar-refractivity contribution < 1.29 is 0 Å². The van der Waals surface area contributed by atoms with Gasteiger partial charge in [0.2, 0.25) is 0 Å². The number of hydrogen-bond acceptors (Lipinski definition) is 2. The van der Waals surface area contributed by atoms with E-state index in [9.17, 15) is 0 Å². The Bertz CT molecular complexity index is 513. The maximum Gasteiger partial charge on any atom is 0.0704 e. The Kier molecular flexibility index (Phi) is 1.78. The Morgan fingerprint density at radius 1 is 1.41 bits per heavy atom. The van der Waals surface area contributed by atoms with Crippen LogP contribution in [0.15, 0.2) is 6.20 Å². The molecule has 2 fully saturated rings. The number of nitrogens with zero attached hydrogens (tertiary/aromatic N) is 1. The van der Waals surface area contributed by atoms with Crippen molar-refractivity contribution >= 4 is 17.3 Å². The van der Waals surface area contributed by atoms with Gasteiger partial charge in [-0.3, -0.25) is 4.98 Å². The molecule has 17 heavy (non-hydrogen) atoms. The predicted molar refractivity (Wildman–Crippen MR) is 69.0 cm³/mol. The number of halogens is 1. The number of fused-ring (bicyclic) bond motifs is 3. The normalized spacial score (nSPS) is 41.6.